The van der Waals surface area contributed by atoms with Crippen molar-refractivity contribution < 1.29 is 4.68 Å². The molecule has 1 heterocycles. The van der Waals surface area contributed by atoms with Gasteiger partial charge in [0.2, 0.25) is 6.33 Å². The van der Waals surface area contributed by atoms with Gasteiger partial charge in [-0.2, -0.15) is 0 Å². The van der Waals surface area contributed by atoms with Crippen LogP contribution in [0.3, 0.4) is 0 Å². The Kier molecular flexibility index (Phi) is 2.91. The van der Waals surface area contributed by atoms with E-state index >= 15 is 0 Å². The summed E-state index contributed by atoms with van der Waals surface area (Å²) in [5.74, 6) is 0. The molecule has 5 heteroatoms. The first-order chi connectivity index (χ1) is 7.24. The van der Waals surface area contributed by atoms with Gasteiger partial charge in [-0.25, -0.2) is 0 Å². The second-order valence-corrected chi connectivity index (χ2v) is 4.01. The first-order valence-corrected chi connectivity index (χ1v) is 5.23. The zero-order valence-electron chi connectivity index (χ0n) is 8.21. The third-order valence-electron chi connectivity index (χ3n) is 1.85. The molecule has 2 rings (SSSR count). The predicted octanol–water partition coefficient (Wildman–Crippen LogP) is 1.35. The Morgan fingerprint density at radius 1 is 1.40 bits per heavy atom. The van der Waals surface area contributed by atoms with E-state index in [9.17, 15) is 0 Å². The van der Waals surface area contributed by atoms with Gasteiger partial charge in [0.05, 0.1) is 13.3 Å². The van der Waals surface area contributed by atoms with Gasteiger partial charge in [0.15, 0.2) is 0 Å². The van der Waals surface area contributed by atoms with Crippen LogP contribution in [0.5, 0.6) is 0 Å². The summed E-state index contributed by atoms with van der Waals surface area (Å²) in [6, 6.07) is 7.94. The highest BCUT2D eigenvalue weighted by Gasteiger charge is 1.97. The maximum Gasteiger partial charge on any atom is 0.288 e. The molecule has 0 spiro atoms. The summed E-state index contributed by atoms with van der Waals surface area (Å²) in [6.07, 6.45) is 5.22. The number of rotatable bonds is 2. The molecule has 0 aliphatic heterocycles. The van der Waals surface area contributed by atoms with Crippen molar-refractivity contribution in [2.75, 3.05) is 0 Å². The minimum Gasteiger partial charge on any atom is -0.116 e. The summed E-state index contributed by atoms with van der Waals surface area (Å²) in [7, 11) is 1.85. The predicted molar refractivity (Wildman–Crippen MR) is 60.5 cm³/mol. The van der Waals surface area contributed by atoms with Crippen molar-refractivity contribution in [3.63, 3.8) is 0 Å². The first-order valence-electron chi connectivity index (χ1n) is 4.44. The van der Waals surface area contributed by atoms with Crippen LogP contribution >= 0.6 is 15.9 Å². The Labute approximate surface area is 96.0 Å². The zero-order chi connectivity index (χ0) is 10.7. The van der Waals surface area contributed by atoms with Gasteiger partial charge in [0, 0.05) is 9.57 Å². The molecule has 0 N–H and O–H groups in total. The Morgan fingerprint density at radius 3 is 2.73 bits per heavy atom. The highest BCUT2D eigenvalue weighted by Crippen LogP contribution is 2.08. The van der Waals surface area contributed by atoms with Gasteiger partial charge in [0.25, 0.3) is 6.33 Å². The number of nitrogens with zero attached hydrogens (tertiary/aromatic N) is 4. The second kappa shape index (κ2) is 4.35. The molecule has 76 valence electrons. The molecule has 0 saturated heterocycles. The lowest BCUT2D eigenvalue weighted by molar-refractivity contribution is -0.679. The number of hydrogen-bond acceptors (Lipinski definition) is 2. The lowest BCUT2D eigenvalue weighted by Crippen LogP contribution is -2.24. The SMILES string of the molecule is Cn1c[n+](/N=C/c2ccc(Br)cc2)cn1. The van der Waals surface area contributed by atoms with Crippen LogP contribution in [-0.4, -0.2) is 16.0 Å². The topological polar surface area (TPSA) is 34.1 Å². The van der Waals surface area contributed by atoms with E-state index in [-0.39, 0.29) is 0 Å². The van der Waals surface area contributed by atoms with Crippen molar-refractivity contribution in [1.82, 2.24) is 9.78 Å². The molecule has 0 fully saturated rings. The fourth-order valence-electron chi connectivity index (χ4n) is 1.11. The summed E-state index contributed by atoms with van der Waals surface area (Å²) in [5.41, 5.74) is 1.05. The lowest BCUT2D eigenvalue weighted by Gasteiger charge is -1.91. The summed E-state index contributed by atoms with van der Waals surface area (Å²) in [4.78, 5) is 0. The molecular formula is C10H10BrN4+. The Hall–Kier alpha value is -1.49. The maximum absolute atomic E-state index is 4.22. The average molecular weight is 266 g/mol. The molecule has 0 aliphatic rings. The van der Waals surface area contributed by atoms with E-state index in [4.69, 9.17) is 0 Å². The van der Waals surface area contributed by atoms with E-state index in [1.165, 1.54) is 0 Å². The zero-order valence-corrected chi connectivity index (χ0v) is 9.79. The molecule has 2 aromatic rings. The first kappa shape index (κ1) is 10.0. The number of aromatic nitrogens is 3. The van der Waals surface area contributed by atoms with Crippen LogP contribution in [-0.2, 0) is 7.05 Å². The highest BCUT2D eigenvalue weighted by atomic mass is 79.9. The van der Waals surface area contributed by atoms with Gasteiger partial charge in [0.1, 0.15) is 0 Å². The van der Waals surface area contributed by atoms with E-state index in [0.717, 1.165) is 10.0 Å². The van der Waals surface area contributed by atoms with E-state index in [2.05, 4.69) is 26.1 Å². The molecule has 15 heavy (non-hydrogen) atoms. The lowest BCUT2D eigenvalue weighted by atomic mass is 10.2. The van der Waals surface area contributed by atoms with E-state index < -0.39 is 0 Å². The van der Waals surface area contributed by atoms with Crippen molar-refractivity contribution >= 4 is 22.1 Å². The Bertz CT molecular complexity index is 472. The second-order valence-electron chi connectivity index (χ2n) is 3.10. The minimum atomic E-state index is 1.05. The Balaban J connectivity index is 2.14. The van der Waals surface area contributed by atoms with Gasteiger partial charge >= 0.3 is 0 Å². The maximum atomic E-state index is 4.22. The normalized spacial score (nSPS) is 11.1. The molecule has 0 amide bonds. The van der Waals surface area contributed by atoms with Crippen LogP contribution < -0.4 is 4.68 Å². The third-order valence-corrected chi connectivity index (χ3v) is 2.38. The molecule has 0 atom stereocenters. The number of aryl methyl sites for hydroxylation is 1. The molecule has 1 aromatic carbocycles. The molecule has 1 aromatic heterocycles. The average Bonchev–Trinajstić information content (AvgIpc) is 2.64. The number of hydrogen-bond donors (Lipinski definition) is 0. The molecule has 0 aliphatic carbocycles. The van der Waals surface area contributed by atoms with Crippen molar-refractivity contribution in [1.29, 1.82) is 0 Å². The summed E-state index contributed by atoms with van der Waals surface area (Å²) < 4.78 is 4.41. The van der Waals surface area contributed by atoms with Gasteiger partial charge in [-0.3, -0.25) is 0 Å². The standard InChI is InChI=1S/C10H10BrN4/c1-14-8-15(7-13-14)12-6-9-2-4-10(11)5-3-9/h2-8H,1H3/q+1/b12-6+. The van der Waals surface area contributed by atoms with Gasteiger partial charge in [-0.15, -0.1) is 14.5 Å². The van der Waals surface area contributed by atoms with Crippen molar-refractivity contribution in [2.45, 2.75) is 0 Å². The van der Waals surface area contributed by atoms with Crippen molar-refractivity contribution in [3.05, 3.63) is 47.0 Å². The third kappa shape index (κ3) is 2.73. The molecule has 0 unspecified atom stereocenters. The van der Waals surface area contributed by atoms with E-state index in [1.54, 1.807) is 28.2 Å². The minimum absolute atomic E-state index is 1.05. The largest absolute Gasteiger partial charge is 0.288 e. The van der Waals surface area contributed by atoms with Gasteiger partial charge in [-0.1, -0.05) is 28.1 Å². The molecule has 4 nitrogen and oxygen atoms in total. The van der Waals surface area contributed by atoms with Crippen LogP contribution in [0.2, 0.25) is 0 Å². The van der Waals surface area contributed by atoms with Crippen molar-refractivity contribution in [3.8, 4) is 0 Å². The quantitative estimate of drug-likeness (QED) is 0.596. The summed E-state index contributed by atoms with van der Waals surface area (Å²) >= 11 is 3.38. The molecule has 0 saturated carbocycles. The molecule has 0 bridgehead atoms. The fourth-order valence-corrected chi connectivity index (χ4v) is 1.37. The van der Waals surface area contributed by atoms with Crippen LogP contribution in [0, 0.1) is 0 Å². The van der Waals surface area contributed by atoms with Crippen LogP contribution in [0.25, 0.3) is 0 Å². The van der Waals surface area contributed by atoms with Crippen LogP contribution in [0.4, 0.5) is 0 Å². The fraction of sp³-hybridized carbons (Fsp3) is 0.100. The summed E-state index contributed by atoms with van der Waals surface area (Å²) in [5, 5.41) is 8.22. The smallest absolute Gasteiger partial charge is 0.116 e. The number of benzene rings is 1. The van der Waals surface area contributed by atoms with Crippen LogP contribution in [0.15, 0.2) is 46.5 Å². The highest BCUT2D eigenvalue weighted by molar-refractivity contribution is 9.10. The monoisotopic (exact) mass is 265 g/mol. The van der Waals surface area contributed by atoms with E-state index in [0.29, 0.717) is 0 Å². The van der Waals surface area contributed by atoms with E-state index in [1.807, 2.05) is 31.3 Å². The summed E-state index contributed by atoms with van der Waals surface area (Å²) in [6.45, 7) is 0. The Morgan fingerprint density at radius 2 is 2.13 bits per heavy atom. The van der Waals surface area contributed by atoms with Gasteiger partial charge in [-0.05, 0) is 17.7 Å². The molecular weight excluding hydrogens is 256 g/mol. The number of halogens is 1. The van der Waals surface area contributed by atoms with Crippen LogP contribution in [0.1, 0.15) is 5.56 Å². The van der Waals surface area contributed by atoms with Gasteiger partial charge < -0.3 is 0 Å². The van der Waals surface area contributed by atoms with Crippen molar-refractivity contribution in [2.24, 2.45) is 12.1 Å². The molecule has 0 radical (unpaired) electrons.